The average Bonchev–Trinajstić information content (AvgIpc) is 2.70. The molecule has 0 spiro atoms. The van der Waals surface area contributed by atoms with Crippen LogP contribution in [0, 0.1) is 23.0 Å². The molecule has 9 nitrogen and oxygen atoms in total. The van der Waals surface area contributed by atoms with Gasteiger partial charge in [0.25, 0.3) is 6.47 Å². The number of carbonyl (C=O) groups excluding carboxylic acids is 1. The summed E-state index contributed by atoms with van der Waals surface area (Å²) in [6.07, 6.45) is 0. The number of hydrogen-bond acceptors (Lipinski definition) is 8. The predicted octanol–water partition coefficient (Wildman–Crippen LogP) is -2.19. The number of rotatable bonds is 2. The van der Waals surface area contributed by atoms with Crippen molar-refractivity contribution in [2.24, 2.45) is 16.8 Å². The molecule has 0 unspecified atom stereocenters. The van der Waals surface area contributed by atoms with Crippen molar-refractivity contribution < 1.29 is 63.7 Å². The molecule has 2 aromatic carbocycles. The zero-order valence-corrected chi connectivity index (χ0v) is 17.3. The van der Waals surface area contributed by atoms with Gasteiger partial charge in [-0.3, -0.25) is 4.79 Å². The molecule has 0 bridgehead atoms. The second-order valence-corrected chi connectivity index (χ2v) is 3.80. The quantitative estimate of drug-likeness (QED) is 0.0792. The van der Waals surface area contributed by atoms with Crippen molar-refractivity contribution >= 4 is 24.7 Å². The number of benzene rings is 2. The van der Waals surface area contributed by atoms with Gasteiger partial charge in [-0.15, -0.1) is 12.4 Å². The van der Waals surface area contributed by atoms with E-state index in [-0.39, 0.29) is 65.9 Å². The van der Waals surface area contributed by atoms with E-state index >= 15 is 0 Å². The van der Waals surface area contributed by atoms with E-state index in [1.54, 1.807) is 0 Å². The molecule has 0 saturated carbocycles. The van der Waals surface area contributed by atoms with Crippen LogP contribution in [0.1, 0.15) is 11.1 Å². The third kappa shape index (κ3) is 17.1. The van der Waals surface area contributed by atoms with Crippen LogP contribution in [0.2, 0.25) is 0 Å². The maximum atomic E-state index is 12.3. The Morgan fingerprint density at radius 3 is 1.75 bits per heavy atom. The minimum absolute atomic E-state index is 0. The van der Waals surface area contributed by atoms with Gasteiger partial charge in [0.1, 0.15) is 11.6 Å². The molecule has 0 amide bonds. The third-order valence-electron chi connectivity index (χ3n) is 2.26. The second-order valence-electron chi connectivity index (χ2n) is 3.80. The number of halogens is 3. The van der Waals surface area contributed by atoms with E-state index in [0.717, 1.165) is 0 Å². The van der Waals surface area contributed by atoms with Crippen LogP contribution in [-0.4, -0.2) is 22.7 Å². The summed E-state index contributed by atoms with van der Waals surface area (Å²) in [5, 5.41) is 34.2. The Labute approximate surface area is 187 Å². The molecule has 2 aromatic rings. The smallest absolute Gasteiger partial charge is 0.662 e. The average molecular weight is 429 g/mol. The van der Waals surface area contributed by atoms with Crippen LogP contribution in [0.25, 0.3) is 0 Å². The van der Waals surface area contributed by atoms with Gasteiger partial charge in [0.15, 0.2) is 5.84 Å². The number of amidine groups is 1. The first-order valence-corrected chi connectivity index (χ1v) is 6.35. The van der Waals surface area contributed by atoms with Gasteiger partial charge in [0.05, 0.1) is 11.6 Å². The molecule has 2 rings (SSSR count). The fourth-order valence-electron chi connectivity index (χ4n) is 1.20. The summed E-state index contributed by atoms with van der Waals surface area (Å²) in [6.45, 7) is -0.181. The molecule has 0 fully saturated rings. The van der Waals surface area contributed by atoms with E-state index < -0.39 is 0 Å². The molecule has 28 heavy (non-hydrogen) atoms. The molecule has 0 aliphatic carbocycles. The van der Waals surface area contributed by atoms with Crippen molar-refractivity contribution in [2.75, 3.05) is 0 Å². The molecule has 6 N–H and O–H groups in total. The number of carbonyl (C=O) groups is 1. The number of nitrogens with zero attached hydrogens (tertiary/aromatic N) is 2. The first kappa shape index (κ1) is 33.3. The van der Waals surface area contributed by atoms with E-state index in [9.17, 15) is 8.78 Å². The van der Waals surface area contributed by atoms with Gasteiger partial charge in [-0.1, -0.05) is 5.16 Å². The maximum absolute atomic E-state index is 12.3. The molecular weight excluding hydrogens is 413 g/mol. The van der Waals surface area contributed by atoms with Crippen LogP contribution in [0.3, 0.4) is 0 Å². The fourth-order valence-corrected chi connectivity index (χ4v) is 1.20. The van der Waals surface area contributed by atoms with Crippen molar-refractivity contribution in [2.45, 2.75) is 0 Å². The van der Waals surface area contributed by atoms with Gasteiger partial charge < -0.3 is 26.3 Å². The van der Waals surface area contributed by atoms with Gasteiger partial charge in [-0.05, 0) is 48.5 Å². The van der Waals surface area contributed by atoms with Crippen LogP contribution < -0.4 is 46.4 Å². The first-order valence-electron chi connectivity index (χ1n) is 6.35. The minimum atomic E-state index is -0.348. The summed E-state index contributed by atoms with van der Waals surface area (Å²) in [5.41, 5.74) is 6.20. The molecule has 13 heteroatoms. The van der Waals surface area contributed by atoms with Crippen LogP contribution in [0.15, 0.2) is 53.7 Å². The fraction of sp³-hybridized carbons (Fsp3) is 0. The molecule has 0 radical (unpaired) electrons. The number of nitriles is 1. The maximum Gasteiger partial charge on any atom is 1.00 e. The van der Waals surface area contributed by atoms with E-state index in [4.69, 9.17) is 31.5 Å². The molecule has 0 atom stereocenters. The summed E-state index contributed by atoms with van der Waals surface area (Å²) in [4.78, 5) is 11.2. The Bertz CT molecular complexity index is 701. The van der Waals surface area contributed by atoms with Crippen LogP contribution in [-0.2, 0) is 9.68 Å². The minimum Gasteiger partial charge on any atom is -0.662 e. The Kier molecular flexibility index (Phi) is 27.0. The number of oxime groups is 1. The summed E-state index contributed by atoms with van der Waals surface area (Å²) in [6, 6.07) is 12.6. The van der Waals surface area contributed by atoms with E-state index in [0.29, 0.717) is 11.1 Å². The largest absolute Gasteiger partial charge is 1.00 e. The van der Waals surface area contributed by atoms with E-state index in [1.165, 1.54) is 48.5 Å². The summed E-state index contributed by atoms with van der Waals surface area (Å²) < 4.78 is 24.4. The molecule has 0 aromatic heterocycles. The van der Waals surface area contributed by atoms with Crippen molar-refractivity contribution in [3.05, 3.63) is 71.3 Å². The topological polar surface area (TPSA) is 178 Å². The summed E-state index contributed by atoms with van der Waals surface area (Å²) >= 11 is 0. The molecule has 0 aliphatic rings. The van der Waals surface area contributed by atoms with Gasteiger partial charge in [-0.2, -0.15) is 5.26 Å². The molecule has 148 valence electrons. The monoisotopic (exact) mass is 428 g/mol. The van der Waals surface area contributed by atoms with Crippen molar-refractivity contribution in [1.29, 1.82) is 5.26 Å². The molecule has 0 saturated heterocycles. The molecule has 0 heterocycles. The SMILES string of the molecule is Cl.N#Cc1ccc(F)cc1.N/C(=N/O)c1ccc(F)cc1.NO.O=CO[O-].[Na+]. The molecule has 0 aliphatic heterocycles. The Morgan fingerprint density at radius 1 is 1.11 bits per heavy atom. The van der Waals surface area contributed by atoms with Gasteiger partial charge in [-0.25, -0.2) is 14.7 Å². The Hall–Kier alpha value is -2.30. The van der Waals surface area contributed by atoms with E-state index in [1.807, 2.05) is 6.07 Å². The van der Waals surface area contributed by atoms with Crippen LogP contribution in [0.4, 0.5) is 8.78 Å². The van der Waals surface area contributed by atoms with Crippen LogP contribution in [0.5, 0.6) is 0 Å². The Morgan fingerprint density at radius 2 is 1.46 bits per heavy atom. The third-order valence-corrected chi connectivity index (χ3v) is 2.26. The summed E-state index contributed by atoms with van der Waals surface area (Å²) in [7, 11) is 0. The van der Waals surface area contributed by atoms with Gasteiger partial charge in [0, 0.05) is 5.56 Å². The number of nitrogens with two attached hydrogens (primary N) is 2. The predicted molar refractivity (Wildman–Crippen MR) is 90.4 cm³/mol. The summed E-state index contributed by atoms with van der Waals surface area (Å²) in [5.74, 6) is 2.82. The Balaban J connectivity index is -0.000000154. The van der Waals surface area contributed by atoms with Crippen molar-refractivity contribution in [3.8, 4) is 6.07 Å². The standard InChI is InChI=1S/C7H7FN2O.C7H4FN.CH2O3.ClH.H3NO.Na/c8-6-3-1-5(2-4-6)7(9)10-11;8-7-3-1-6(5-9)2-4-7;2-1-4-3;;1-2;/h1-4,11H,(H2,9,10);1-4H;1,3H;1H;2H,1H2;/q;;;;;+1/p-1. The zero-order valence-electron chi connectivity index (χ0n) is 14.5. The first-order chi connectivity index (χ1) is 12.5. The number of hydrogen-bond donors (Lipinski definition) is 4. The van der Waals surface area contributed by atoms with Gasteiger partial charge >= 0.3 is 29.6 Å². The zero-order chi connectivity index (χ0) is 20.4. The molecular formula is C15H16ClF2N4NaO5. The van der Waals surface area contributed by atoms with Crippen molar-refractivity contribution in [3.63, 3.8) is 0 Å². The normalized spacial score (nSPS) is 8.21. The second kappa shape index (κ2) is 22.7. The van der Waals surface area contributed by atoms with Gasteiger partial charge in [0.2, 0.25) is 0 Å². The van der Waals surface area contributed by atoms with E-state index in [2.05, 4.69) is 15.9 Å². The van der Waals surface area contributed by atoms with Crippen molar-refractivity contribution in [1.82, 2.24) is 0 Å². The van der Waals surface area contributed by atoms with Crippen LogP contribution >= 0.6 is 12.4 Å².